The normalized spacial score (nSPS) is 32.2. The molecule has 0 aromatic rings. The van der Waals surface area contributed by atoms with Gasteiger partial charge < -0.3 is 5.32 Å². The lowest BCUT2D eigenvalue weighted by molar-refractivity contribution is 0.206. The molecule has 0 radical (unpaired) electrons. The molecule has 0 spiro atoms. The summed E-state index contributed by atoms with van der Waals surface area (Å²) in [5.41, 5.74) is 0. The highest BCUT2D eigenvalue weighted by atomic mass is 15.2. The van der Waals surface area contributed by atoms with E-state index in [1.165, 1.54) is 6.42 Å². The molecule has 1 rings (SSSR count). The third kappa shape index (κ3) is 2.17. The summed E-state index contributed by atoms with van der Waals surface area (Å²) in [7, 11) is 2.22. The summed E-state index contributed by atoms with van der Waals surface area (Å²) in [6.07, 6.45) is 1.30. The van der Waals surface area contributed by atoms with E-state index in [1.54, 1.807) is 0 Å². The van der Waals surface area contributed by atoms with Crippen molar-refractivity contribution in [2.75, 3.05) is 13.6 Å². The highest BCUT2D eigenvalue weighted by Gasteiger charge is 2.24. The topological polar surface area (TPSA) is 15.3 Å². The predicted octanol–water partition coefficient (Wildman–Crippen LogP) is 1.08. The van der Waals surface area contributed by atoms with Crippen molar-refractivity contribution in [2.45, 2.75) is 45.3 Å². The molecule has 1 saturated heterocycles. The molecule has 0 amide bonds. The van der Waals surface area contributed by atoms with Gasteiger partial charge in [-0.05, 0) is 34.2 Å². The van der Waals surface area contributed by atoms with Gasteiger partial charge in [-0.15, -0.1) is 0 Å². The molecular formula is C9H20N2. The van der Waals surface area contributed by atoms with Crippen LogP contribution in [0.25, 0.3) is 0 Å². The Morgan fingerprint density at radius 1 is 1.45 bits per heavy atom. The number of likely N-dealkylation sites (N-methyl/N-ethyl adjacent to an activating group) is 1. The number of rotatable bonds is 2. The Labute approximate surface area is 70.0 Å². The Kier molecular flexibility index (Phi) is 2.90. The van der Waals surface area contributed by atoms with Crippen LogP contribution in [-0.4, -0.2) is 36.6 Å². The third-order valence-corrected chi connectivity index (χ3v) is 2.72. The number of hydrogen-bond donors (Lipinski definition) is 1. The van der Waals surface area contributed by atoms with Gasteiger partial charge in [-0.2, -0.15) is 0 Å². The standard InChI is InChI=1S/C9H20N2/c1-7(2)11(4)9-5-8(3)10-6-9/h7-10H,5-6H2,1-4H3/t8-,9-/m1/s1. The highest BCUT2D eigenvalue weighted by molar-refractivity contribution is 4.85. The maximum Gasteiger partial charge on any atom is 0.0235 e. The van der Waals surface area contributed by atoms with Crippen molar-refractivity contribution < 1.29 is 0 Å². The molecular weight excluding hydrogens is 136 g/mol. The van der Waals surface area contributed by atoms with E-state index >= 15 is 0 Å². The zero-order chi connectivity index (χ0) is 8.43. The first-order valence-corrected chi connectivity index (χ1v) is 4.56. The van der Waals surface area contributed by atoms with E-state index in [1.807, 2.05) is 0 Å². The Hall–Kier alpha value is -0.0800. The van der Waals surface area contributed by atoms with Crippen molar-refractivity contribution in [2.24, 2.45) is 0 Å². The smallest absolute Gasteiger partial charge is 0.0235 e. The summed E-state index contributed by atoms with van der Waals surface area (Å²) in [5.74, 6) is 0. The zero-order valence-corrected chi connectivity index (χ0v) is 8.09. The van der Waals surface area contributed by atoms with Gasteiger partial charge in [0.05, 0.1) is 0 Å². The second-order valence-electron chi connectivity index (χ2n) is 3.96. The SMILES string of the molecule is CC(C)N(C)[C@H]1CN[C@H](C)C1. The van der Waals surface area contributed by atoms with Gasteiger partial charge in [-0.1, -0.05) is 0 Å². The van der Waals surface area contributed by atoms with Crippen LogP contribution in [-0.2, 0) is 0 Å². The Morgan fingerprint density at radius 2 is 2.09 bits per heavy atom. The first-order chi connectivity index (χ1) is 5.11. The summed E-state index contributed by atoms with van der Waals surface area (Å²) in [5, 5.41) is 3.46. The van der Waals surface area contributed by atoms with Crippen LogP contribution in [0.4, 0.5) is 0 Å². The molecule has 0 aromatic heterocycles. The molecule has 1 fully saturated rings. The van der Waals surface area contributed by atoms with Crippen LogP contribution in [0.1, 0.15) is 27.2 Å². The molecule has 0 aromatic carbocycles. The van der Waals surface area contributed by atoms with E-state index in [0.717, 1.165) is 12.6 Å². The van der Waals surface area contributed by atoms with Gasteiger partial charge in [0.1, 0.15) is 0 Å². The minimum atomic E-state index is 0.673. The van der Waals surface area contributed by atoms with E-state index in [0.29, 0.717) is 12.1 Å². The van der Waals surface area contributed by atoms with Gasteiger partial charge in [0.25, 0.3) is 0 Å². The lowest BCUT2D eigenvalue weighted by atomic mass is 10.1. The average molecular weight is 156 g/mol. The van der Waals surface area contributed by atoms with Crippen molar-refractivity contribution >= 4 is 0 Å². The molecule has 1 N–H and O–H groups in total. The van der Waals surface area contributed by atoms with Gasteiger partial charge in [-0.25, -0.2) is 0 Å². The van der Waals surface area contributed by atoms with E-state index in [-0.39, 0.29) is 0 Å². The Balaban J connectivity index is 2.36. The third-order valence-electron chi connectivity index (χ3n) is 2.72. The molecule has 0 unspecified atom stereocenters. The van der Waals surface area contributed by atoms with Crippen molar-refractivity contribution in [3.63, 3.8) is 0 Å². The predicted molar refractivity (Wildman–Crippen MR) is 48.8 cm³/mol. The van der Waals surface area contributed by atoms with Crippen LogP contribution >= 0.6 is 0 Å². The fourth-order valence-corrected chi connectivity index (χ4v) is 1.64. The lowest BCUT2D eigenvalue weighted by Gasteiger charge is -2.27. The van der Waals surface area contributed by atoms with Gasteiger partial charge in [0, 0.05) is 24.7 Å². The van der Waals surface area contributed by atoms with Crippen LogP contribution in [0.2, 0.25) is 0 Å². The first kappa shape index (κ1) is 9.01. The molecule has 2 nitrogen and oxygen atoms in total. The minimum absolute atomic E-state index is 0.673. The van der Waals surface area contributed by atoms with Crippen LogP contribution in [0.5, 0.6) is 0 Å². The summed E-state index contributed by atoms with van der Waals surface area (Å²) in [6.45, 7) is 7.93. The van der Waals surface area contributed by atoms with Crippen LogP contribution in [0.15, 0.2) is 0 Å². The van der Waals surface area contributed by atoms with Gasteiger partial charge in [0.2, 0.25) is 0 Å². The maximum atomic E-state index is 3.46. The number of hydrogen-bond acceptors (Lipinski definition) is 2. The molecule has 2 heteroatoms. The van der Waals surface area contributed by atoms with Gasteiger partial charge >= 0.3 is 0 Å². The molecule has 2 atom stereocenters. The Bertz CT molecular complexity index is 123. The molecule has 1 heterocycles. The fourth-order valence-electron chi connectivity index (χ4n) is 1.64. The number of nitrogens with one attached hydrogen (secondary N) is 1. The number of nitrogens with zero attached hydrogens (tertiary/aromatic N) is 1. The molecule has 66 valence electrons. The van der Waals surface area contributed by atoms with Crippen LogP contribution in [0.3, 0.4) is 0 Å². The summed E-state index contributed by atoms with van der Waals surface area (Å²) in [6, 6.07) is 2.14. The monoisotopic (exact) mass is 156 g/mol. The van der Waals surface area contributed by atoms with Gasteiger partial charge in [-0.3, -0.25) is 4.90 Å². The zero-order valence-electron chi connectivity index (χ0n) is 8.09. The van der Waals surface area contributed by atoms with Crippen molar-refractivity contribution in [1.29, 1.82) is 0 Å². The van der Waals surface area contributed by atoms with Crippen LogP contribution < -0.4 is 5.32 Å². The molecule has 0 saturated carbocycles. The summed E-state index contributed by atoms with van der Waals surface area (Å²) >= 11 is 0. The molecule has 1 aliphatic rings. The molecule has 0 bridgehead atoms. The largest absolute Gasteiger partial charge is 0.313 e. The molecule has 1 aliphatic heterocycles. The van der Waals surface area contributed by atoms with E-state index in [4.69, 9.17) is 0 Å². The average Bonchev–Trinajstić information content (AvgIpc) is 2.34. The van der Waals surface area contributed by atoms with Crippen molar-refractivity contribution in [3.05, 3.63) is 0 Å². The highest BCUT2D eigenvalue weighted by Crippen LogP contribution is 2.13. The van der Waals surface area contributed by atoms with Crippen molar-refractivity contribution in [3.8, 4) is 0 Å². The maximum absolute atomic E-state index is 3.46. The van der Waals surface area contributed by atoms with Crippen molar-refractivity contribution in [1.82, 2.24) is 10.2 Å². The summed E-state index contributed by atoms with van der Waals surface area (Å²) < 4.78 is 0. The second kappa shape index (κ2) is 3.55. The molecule has 0 aliphatic carbocycles. The minimum Gasteiger partial charge on any atom is -0.313 e. The van der Waals surface area contributed by atoms with E-state index in [2.05, 4.69) is 38.0 Å². The second-order valence-corrected chi connectivity index (χ2v) is 3.96. The fraction of sp³-hybridized carbons (Fsp3) is 1.00. The lowest BCUT2D eigenvalue weighted by Crippen LogP contribution is -2.38. The van der Waals surface area contributed by atoms with Crippen LogP contribution in [0, 0.1) is 0 Å². The van der Waals surface area contributed by atoms with Gasteiger partial charge in [0.15, 0.2) is 0 Å². The van der Waals surface area contributed by atoms with E-state index < -0.39 is 0 Å². The quantitative estimate of drug-likeness (QED) is 0.643. The first-order valence-electron chi connectivity index (χ1n) is 4.56. The summed E-state index contributed by atoms with van der Waals surface area (Å²) in [4.78, 5) is 2.45. The molecule has 11 heavy (non-hydrogen) atoms. The Morgan fingerprint density at radius 3 is 2.45 bits per heavy atom. The van der Waals surface area contributed by atoms with E-state index in [9.17, 15) is 0 Å².